The Bertz CT molecular complexity index is 496. The highest BCUT2D eigenvalue weighted by Gasteiger charge is 2.48. The van der Waals surface area contributed by atoms with Gasteiger partial charge < -0.3 is 10.2 Å². The summed E-state index contributed by atoms with van der Waals surface area (Å²) < 4.78 is 14.4. The summed E-state index contributed by atoms with van der Waals surface area (Å²) in [7, 11) is 0. The third-order valence-electron chi connectivity index (χ3n) is 4.59. The number of aliphatic hydroxyl groups excluding tert-OH is 2. The molecule has 0 radical (unpaired) electrons. The van der Waals surface area contributed by atoms with Crippen LogP contribution in [0.4, 0.5) is 4.39 Å². The number of halogens is 1. The SMILES string of the molecule is CCCC(=O)C[C@@H]1[C@H](F)[C@H](O)[C@@H](CO)N1CCc1ccccc1. The lowest BCUT2D eigenvalue weighted by molar-refractivity contribution is -0.120. The molecule has 1 aliphatic rings. The fourth-order valence-electron chi connectivity index (χ4n) is 3.36. The van der Waals surface area contributed by atoms with E-state index in [1.807, 2.05) is 37.3 Å². The Hall–Kier alpha value is -1.30. The highest BCUT2D eigenvalue weighted by molar-refractivity contribution is 5.79. The van der Waals surface area contributed by atoms with Crippen LogP contribution in [0.5, 0.6) is 0 Å². The van der Waals surface area contributed by atoms with Gasteiger partial charge in [-0.3, -0.25) is 9.69 Å². The second kappa shape index (κ2) is 8.52. The lowest BCUT2D eigenvalue weighted by atomic mass is 10.0. The first-order valence-electron chi connectivity index (χ1n) is 8.32. The van der Waals surface area contributed by atoms with Gasteiger partial charge in [0.2, 0.25) is 0 Å². The van der Waals surface area contributed by atoms with E-state index in [-0.39, 0.29) is 18.8 Å². The molecule has 1 aromatic rings. The maximum absolute atomic E-state index is 14.4. The largest absolute Gasteiger partial charge is 0.395 e. The van der Waals surface area contributed by atoms with Gasteiger partial charge in [0.05, 0.1) is 18.7 Å². The Labute approximate surface area is 136 Å². The Kier molecular flexibility index (Phi) is 6.69. The van der Waals surface area contributed by atoms with E-state index in [4.69, 9.17) is 0 Å². The lowest BCUT2D eigenvalue weighted by Crippen LogP contribution is -2.43. The van der Waals surface area contributed by atoms with Crippen molar-refractivity contribution in [3.8, 4) is 0 Å². The van der Waals surface area contributed by atoms with Crippen molar-refractivity contribution in [2.45, 2.75) is 57.0 Å². The van der Waals surface area contributed by atoms with Crippen LogP contribution in [0.15, 0.2) is 30.3 Å². The average Bonchev–Trinajstić information content (AvgIpc) is 2.78. The highest BCUT2D eigenvalue weighted by Crippen LogP contribution is 2.30. The van der Waals surface area contributed by atoms with Crippen molar-refractivity contribution in [1.82, 2.24) is 4.90 Å². The molecule has 1 aromatic carbocycles. The molecular formula is C18H26FNO3. The molecule has 1 aliphatic heterocycles. The summed E-state index contributed by atoms with van der Waals surface area (Å²) in [4.78, 5) is 13.7. The van der Waals surface area contributed by atoms with Crippen molar-refractivity contribution < 1.29 is 19.4 Å². The van der Waals surface area contributed by atoms with E-state index in [1.54, 1.807) is 4.90 Å². The summed E-state index contributed by atoms with van der Waals surface area (Å²) in [6, 6.07) is 8.51. The number of hydrogen-bond donors (Lipinski definition) is 2. The van der Waals surface area contributed by atoms with Gasteiger partial charge in [-0.1, -0.05) is 37.3 Å². The van der Waals surface area contributed by atoms with Crippen LogP contribution < -0.4 is 0 Å². The number of carbonyl (C=O) groups is 1. The second-order valence-corrected chi connectivity index (χ2v) is 6.22. The first-order chi connectivity index (χ1) is 11.1. The third kappa shape index (κ3) is 4.37. The Morgan fingerprint density at radius 3 is 2.57 bits per heavy atom. The third-order valence-corrected chi connectivity index (χ3v) is 4.59. The summed E-state index contributed by atoms with van der Waals surface area (Å²) in [6.07, 6.45) is -0.792. The van der Waals surface area contributed by atoms with E-state index >= 15 is 0 Å². The lowest BCUT2D eigenvalue weighted by Gasteiger charge is -2.29. The zero-order chi connectivity index (χ0) is 16.8. The number of likely N-dealkylation sites (tertiary alicyclic amines) is 1. The predicted molar refractivity (Wildman–Crippen MR) is 86.9 cm³/mol. The number of hydrogen-bond acceptors (Lipinski definition) is 4. The van der Waals surface area contributed by atoms with E-state index in [9.17, 15) is 19.4 Å². The van der Waals surface area contributed by atoms with Crippen LogP contribution in [0, 0.1) is 0 Å². The van der Waals surface area contributed by atoms with Gasteiger partial charge in [0.1, 0.15) is 18.1 Å². The molecule has 1 saturated heterocycles. The molecular weight excluding hydrogens is 297 g/mol. The normalized spacial score (nSPS) is 28.2. The van der Waals surface area contributed by atoms with Gasteiger partial charge in [0.25, 0.3) is 0 Å². The summed E-state index contributed by atoms with van der Waals surface area (Å²) >= 11 is 0. The maximum Gasteiger partial charge on any atom is 0.143 e. The summed E-state index contributed by atoms with van der Waals surface area (Å²) in [5.41, 5.74) is 1.11. The second-order valence-electron chi connectivity index (χ2n) is 6.22. The van der Waals surface area contributed by atoms with Crippen LogP contribution >= 0.6 is 0 Å². The molecule has 0 spiro atoms. The van der Waals surface area contributed by atoms with Crippen molar-refractivity contribution in [1.29, 1.82) is 0 Å². The quantitative estimate of drug-likeness (QED) is 0.765. The number of nitrogens with zero attached hydrogens (tertiary/aromatic N) is 1. The first kappa shape index (κ1) is 18.0. The maximum atomic E-state index is 14.4. The number of aliphatic hydroxyl groups is 2. The topological polar surface area (TPSA) is 60.8 Å². The van der Waals surface area contributed by atoms with E-state index in [0.29, 0.717) is 19.4 Å². The van der Waals surface area contributed by atoms with Crippen LogP contribution in [0.1, 0.15) is 31.7 Å². The molecule has 4 atom stereocenters. The van der Waals surface area contributed by atoms with Crippen molar-refractivity contribution in [2.24, 2.45) is 0 Å². The van der Waals surface area contributed by atoms with Gasteiger partial charge >= 0.3 is 0 Å². The van der Waals surface area contributed by atoms with E-state index in [0.717, 1.165) is 12.0 Å². The molecule has 0 bridgehead atoms. The Morgan fingerprint density at radius 1 is 1.26 bits per heavy atom. The molecule has 1 fully saturated rings. The van der Waals surface area contributed by atoms with Crippen molar-refractivity contribution >= 4 is 5.78 Å². The summed E-state index contributed by atoms with van der Waals surface area (Å²) in [5.74, 6) is 0.00986. The van der Waals surface area contributed by atoms with Gasteiger partial charge in [0, 0.05) is 19.4 Å². The number of benzene rings is 1. The first-order valence-corrected chi connectivity index (χ1v) is 8.32. The molecule has 1 heterocycles. The number of ketones is 1. The highest BCUT2D eigenvalue weighted by atomic mass is 19.1. The van der Waals surface area contributed by atoms with Gasteiger partial charge in [-0.2, -0.15) is 0 Å². The van der Waals surface area contributed by atoms with E-state index < -0.39 is 24.4 Å². The molecule has 4 nitrogen and oxygen atoms in total. The smallest absolute Gasteiger partial charge is 0.143 e. The van der Waals surface area contributed by atoms with Gasteiger partial charge in [-0.05, 0) is 18.4 Å². The Morgan fingerprint density at radius 2 is 1.96 bits per heavy atom. The van der Waals surface area contributed by atoms with Crippen LogP contribution in [0.3, 0.4) is 0 Å². The minimum absolute atomic E-state index is 0.00986. The molecule has 2 rings (SSSR count). The minimum Gasteiger partial charge on any atom is -0.395 e. The molecule has 2 N–H and O–H groups in total. The molecule has 23 heavy (non-hydrogen) atoms. The monoisotopic (exact) mass is 323 g/mol. The number of carbonyl (C=O) groups excluding carboxylic acids is 1. The van der Waals surface area contributed by atoms with E-state index in [1.165, 1.54) is 0 Å². The van der Waals surface area contributed by atoms with Crippen molar-refractivity contribution in [2.75, 3.05) is 13.2 Å². The van der Waals surface area contributed by atoms with Crippen LogP contribution in [-0.4, -0.2) is 58.4 Å². The summed E-state index contributed by atoms with van der Waals surface area (Å²) in [5, 5.41) is 19.6. The number of alkyl halides is 1. The molecule has 5 heteroatoms. The zero-order valence-electron chi connectivity index (χ0n) is 13.6. The average molecular weight is 323 g/mol. The minimum atomic E-state index is -1.50. The van der Waals surface area contributed by atoms with Crippen LogP contribution in [0.2, 0.25) is 0 Å². The van der Waals surface area contributed by atoms with Crippen molar-refractivity contribution in [3.05, 3.63) is 35.9 Å². The standard InChI is InChI=1S/C18H26FNO3/c1-2-6-14(22)11-15-17(19)18(23)16(12-21)20(15)10-9-13-7-4-3-5-8-13/h3-5,7-8,15-18,21,23H,2,6,9-12H2,1H3/t15-,16-,17+,18-/m1/s1. The number of Topliss-reactive ketones (excluding diaryl/α,β-unsaturated/α-hetero) is 1. The fraction of sp³-hybridized carbons (Fsp3) is 0.611. The van der Waals surface area contributed by atoms with Crippen LogP contribution in [-0.2, 0) is 11.2 Å². The fourth-order valence-corrected chi connectivity index (χ4v) is 3.36. The molecule has 0 unspecified atom stereocenters. The molecule has 0 aromatic heterocycles. The van der Waals surface area contributed by atoms with Crippen molar-refractivity contribution in [3.63, 3.8) is 0 Å². The van der Waals surface area contributed by atoms with E-state index in [2.05, 4.69) is 0 Å². The Balaban J connectivity index is 2.07. The zero-order valence-corrected chi connectivity index (χ0v) is 13.6. The van der Waals surface area contributed by atoms with Gasteiger partial charge in [0.15, 0.2) is 0 Å². The number of rotatable bonds is 8. The molecule has 0 amide bonds. The van der Waals surface area contributed by atoms with Gasteiger partial charge in [-0.25, -0.2) is 4.39 Å². The van der Waals surface area contributed by atoms with Crippen LogP contribution in [0.25, 0.3) is 0 Å². The predicted octanol–water partition coefficient (Wildman–Crippen LogP) is 1.73. The molecule has 0 aliphatic carbocycles. The van der Waals surface area contributed by atoms with Gasteiger partial charge in [-0.15, -0.1) is 0 Å². The molecule has 128 valence electrons. The molecule has 0 saturated carbocycles. The summed E-state index contributed by atoms with van der Waals surface area (Å²) in [6.45, 7) is 2.11.